The monoisotopic (exact) mass is 389 g/mol. The van der Waals surface area contributed by atoms with Gasteiger partial charge in [0.25, 0.3) is 0 Å². The predicted molar refractivity (Wildman–Crippen MR) is 107 cm³/mol. The number of aromatic nitrogens is 1. The van der Waals surface area contributed by atoms with Crippen molar-refractivity contribution in [3.63, 3.8) is 0 Å². The molecule has 2 aromatic heterocycles. The molecule has 0 radical (unpaired) electrons. The lowest BCUT2D eigenvalue weighted by atomic mass is 10.2. The SMILES string of the molecule is N#Cc1nc(-c2ccc(Cl)cc2)oc1N(Cc1ccccc1)Cc1ccco1. The molecule has 0 saturated carbocycles. The first-order chi connectivity index (χ1) is 13.7. The second kappa shape index (κ2) is 8.03. The van der Waals surface area contributed by atoms with Gasteiger partial charge in [0.15, 0.2) is 0 Å². The van der Waals surface area contributed by atoms with Gasteiger partial charge in [-0.15, -0.1) is 0 Å². The van der Waals surface area contributed by atoms with Gasteiger partial charge in [-0.25, -0.2) is 0 Å². The fourth-order valence-electron chi connectivity index (χ4n) is 2.91. The Labute approximate surface area is 167 Å². The van der Waals surface area contributed by atoms with Crippen molar-refractivity contribution in [1.29, 1.82) is 5.26 Å². The molecular formula is C22H16ClN3O2. The number of hydrogen-bond donors (Lipinski definition) is 0. The molecule has 5 nitrogen and oxygen atoms in total. The fourth-order valence-corrected chi connectivity index (χ4v) is 3.04. The normalized spacial score (nSPS) is 10.6. The van der Waals surface area contributed by atoms with Crippen molar-refractivity contribution in [3.05, 3.63) is 95.0 Å². The molecule has 0 aliphatic rings. The topological polar surface area (TPSA) is 66.2 Å². The van der Waals surface area contributed by atoms with Gasteiger partial charge in [0.05, 0.1) is 12.8 Å². The van der Waals surface area contributed by atoms with Gasteiger partial charge < -0.3 is 13.7 Å². The number of rotatable bonds is 6. The van der Waals surface area contributed by atoms with Crippen LogP contribution >= 0.6 is 11.6 Å². The number of nitriles is 1. The summed E-state index contributed by atoms with van der Waals surface area (Å²) in [5.41, 5.74) is 2.07. The molecule has 0 spiro atoms. The van der Waals surface area contributed by atoms with E-state index in [-0.39, 0.29) is 5.69 Å². The van der Waals surface area contributed by atoms with Crippen LogP contribution in [0.15, 0.2) is 81.8 Å². The molecule has 0 N–H and O–H groups in total. The highest BCUT2D eigenvalue weighted by atomic mass is 35.5. The molecule has 0 atom stereocenters. The molecule has 28 heavy (non-hydrogen) atoms. The third-order valence-electron chi connectivity index (χ3n) is 4.24. The minimum atomic E-state index is 0.229. The quantitative estimate of drug-likeness (QED) is 0.425. The van der Waals surface area contributed by atoms with E-state index in [1.165, 1.54) is 0 Å². The van der Waals surface area contributed by atoms with Crippen LogP contribution in [-0.4, -0.2) is 4.98 Å². The van der Waals surface area contributed by atoms with Crippen LogP contribution in [-0.2, 0) is 13.1 Å². The summed E-state index contributed by atoms with van der Waals surface area (Å²) >= 11 is 5.96. The standard InChI is InChI=1S/C22H16ClN3O2/c23-18-10-8-17(9-11-18)21-25-20(13-24)22(28-21)26(15-19-7-4-12-27-19)14-16-5-2-1-3-6-16/h1-12H,14-15H2. The zero-order chi connectivity index (χ0) is 19.3. The molecule has 4 rings (SSSR count). The van der Waals surface area contributed by atoms with E-state index in [4.69, 9.17) is 20.4 Å². The summed E-state index contributed by atoms with van der Waals surface area (Å²) in [5.74, 6) is 1.55. The zero-order valence-corrected chi connectivity index (χ0v) is 15.6. The van der Waals surface area contributed by atoms with Crippen LogP contribution in [0.4, 0.5) is 5.88 Å². The third kappa shape index (κ3) is 3.93. The summed E-state index contributed by atoms with van der Waals surface area (Å²) in [7, 11) is 0. The molecule has 4 aromatic rings. The van der Waals surface area contributed by atoms with Gasteiger partial charge >= 0.3 is 0 Å². The Morgan fingerprint density at radius 2 is 1.75 bits per heavy atom. The Bertz CT molecular complexity index is 1080. The maximum absolute atomic E-state index is 9.62. The zero-order valence-electron chi connectivity index (χ0n) is 14.9. The summed E-state index contributed by atoms with van der Waals surface area (Å²) in [6.45, 7) is 0.997. The number of benzene rings is 2. The maximum Gasteiger partial charge on any atom is 0.235 e. The Morgan fingerprint density at radius 3 is 2.43 bits per heavy atom. The van der Waals surface area contributed by atoms with Crippen LogP contribution in [0.3, 0.4) is 0 Å². The van der Waals surface area contributed by atoms with Gasteiger partial charge in [0, 0.05) is 17.1 Å². The van der Waals surface area contributed by atoms with Crippen LogP contribution in [0.5, 0.6) is 0 Å². The molecule has 0 aliphatic heterocycles. The van der Waals surface area contributed by atoms with Gasteiger partial charge in [-0.05, 0) is 42.0 Å². The minimum Gasteiger partial charge on any atom is -0.467 e. The number of oxazole rings is 1. The number of furan rings is 1. The van der Waals surface area contributed by atoms with Gasteiger partial charge in [-0.1, -0.05) is 41.9 Å². The van der Waals surface area contributed by atoms with E-state index in [2.05, 4.69) is 11.1 Å². The van der Waals surface area contributed by atoms with Gasteiger partial charge in [-0.2, -0.15) is 10.2 Å². The van der Waals surface area contributed by atoms with Gasteiger partial charge in [0.2, 0.25) is 17.5 Å². The number of anilines is 1. The second-order valence-corrected chi connectivity index (χ2v) is 6.65. The van der Waals surface area contributed by atoms with E-state index in [0.717, 1.165) is 16.9 Å². The van der Waals surface area contributed by atoms with Crippen molar-refractivity contribution >= 4 is 17.5 Å². The molecular weight excluding hydrogens is 374 g/mol. The van der Waals surface area contributed by atoms with Crippen LogP contribution in [0.1, 0.15) is 17.0 Å². The Kier molecular flexibility index (Phi) is 5.14. The van der Waals surface area contributed by atoms with E-state index in [0.29, 0.717) is 29.9 Å². The third-order valence-corrected chi connectivity index (χ3v) is 4.49. The first-order valence-electron chi connectivity index (χ1n) is 8.71. The first-order valence-corrected chi connectivity index (χ1v) is 9.09. The number of hydrogen-bond acceptors (Lipinski definition) is 5. The molecule has 0 bridgehead atoms. The number of halogens is 1. The first kappa shape index (κ1) is 17.9. The van der Waals surface area contributed by atoms with Crippen LogP contribution in [0, 0.1) is 11.3 Å². The van der Waals surface area contributed by atoms with Crippen molar-refractivity contribution in [2.45, 2.75) is 13.1 Å². The smallest absolute Gasteiger partial charge is 0.235 e. The highest BCUT2D eigenvalue weighted by Crippen LogP contribution is 2.31. The predicted octanol–water partition coefficient (Wildman–Crippen LogP) is 5.67. The number of nitrogens with zero attached hydrogens (tertiary/aromatic N) is 3. The molecule has 0 saturated heterocycles. The van der Waals surface area contributed by atoms with Crippen molar-refractivity contribution in [2.75, 3.05) is 4.90 Å². The Morgan fingerprint density at radius 1 is 0.964 bits per heavy atom. The maximum atomic E-state index is 9.62. The lowest BCUT2D eigenvalue weighted by Gasteiger charge is -2.21. The van der Waals surface area contributed by atoms with Crippen LogP contribution in [0.2, 0.25) is 5.02 Å². The van der Waals surface area contributed by atoms with Gasteiger partial charge in [0.1, 0.15) is 11.8 Å². The summed E-state index contributed by atoms with van der Waals surface area (Å²) in [6.07, 6.45) is 1.63. The van der Waals surface area contributed by atoms with Crippen molar-refractivity contribution in [2.24, 2.45) is 0 Å². The summed E-state index contributed by atoms with van der Waals surface area (Å²) in [6, 6.07) is 23.0. The summed E-state index contributed by atoms with van der Waals surface area (Å²) < 4.78 is 11.5. The highest BCUT2D eigenvalue weighted by molar-refractivity contribution is 6.30. The van der Waals surface area contributed by atoms with E-state index < -0.39 is 0 Å². The molecule has 0 amide bonds. The van der Waals surface area contributed by atoms with Crippen molar-refractivity contribution in [1.82, 2.24) is 4.98 Å². The molecule has 0 aliphatic carbocycles. The highest BCUT2D eigenvalue weighted by Gasteiger charge is 2.22. The average molecular weight is 390 g/mol. The van der Waals surface area contributed by atoms with E-state index >= 15 is 0 Å². The van der Waals surface area contributed by atoms with Crippen LogP contribution in [0.25, 0.3) is 11.5 Å². The van der Waals surface area contributed by atoms with Gasteiger partial charge in [-0.3, -0.25) is 0 Å². The van der Waals surface area contributed by atoms with E-state index in [1.807, 2.05) is 59.5 Å². The average Bonchev–Trinajstić information content (AvgIpc) is 3.38. The van der Waals surface area contributed by atoms with E-state index in [1.54, 1.807) is 18.4 Å². The molecule has 2 heterocycles. The van der Waals surface area contributed by atoms with Crippen LogP contribution < -0.4 is 4.90 Å². The molecule has 6 heteroatoms. The largest absolute Gasteiger partial charge is 0.467 e. The van der Waals surface area contributed by atoms with Crippen molar-refractivity contribution in [3.8, 4) is 17.5 Å². The Hall–Kier alpha value is -3.49. The lowest BCUT2D eigenvalue weighted by Crippen LogP contribution is -2.22. The summed E-state index contributed by atoms with van der Waals surface area (Å²) in [5, 5.41) is 10.2. The second-order valence-electron chi connectivity index (χ2n) is 6.21. The summed E-state index contributed by atoms with van der Waals surface area (Å²) in [4.78, 5) is 6.32. The van der Waals surface area contributed by atoms with Crippen molar-refractivity contribution < 1.29 is 8.83 Å². The lowest BCUT2D eigenvalue weighted by molar-refractivity contribution is 0.483. The molecule has 2 aromatic carbocycles. The minimum absolute atomic E-state index is 0.229. The van der Waals surface area contributed by atoms with E-state index in [9.17, 15) is 5.26 Å². The molecule has 0 fully saturated rings. The fraction of sp³-hybridized carbons (Fsp3) is 0.0909. The Balaban J connectivity index is 1.72. The molecule has 0 unspecified atom stereocenters. The molecule has 138 valence electrons.